The third kappa shape index (κ3) is 5.01. The Morgan fingerprint density at radius 1 is 1.22 bits per heavy atom. The molecule has 0 aromatic heterocycles. The van der Waals surface area contributed by atoms with Crippen LogP contribution < -0.4 is 10.1 Å². The van der Waals surface area contributed by atoms with Gasteiger partial charge in [0.1, 0.15) is 5.75 Å². The van der Waals surface area contributed by atoms with Crippen molar-refractivity contribution < 1.29 is 14.3 Å². The Morgan fingerprint density at radius 2 is 1.93 bits per heavy atom. The molecule has 0 bridgehead atoms. The van der Waals surface area contributed by atoms with Crippen molar-refractivity contribution in [3.05, 3.63) is 64.2 Å². The number of carbonyl (C=O) groups excluding carboxylic acids is 1. The van der Waals surface area contributed by atoms with E-state index in [2.05, 4.69) is 41.4 Å². The number of amides is 1. The molecule has 5 nitrogen and oxygen atoms in total. The summed E-state index contributed by atoms with van der Waals surface area (Å²) in [6.07, 6.45) is 0. The molecule has 2 aromatic rings. The van der Waals surface area contributed by atoms with Crippen LogP contribution in [-0.4, -0.2) is 50.8 Å². The molecule has 6 heteroatoms. The number of carbonyl (C=O) groups is 1. The van der Waals surface area contributed by atoms with E-state index < -0.39 is 0 Å². The Kier molecular flexibility index (Phi) is 6.72. The smallest absolute Gasteiger partial charge is 0.255 e. The van der Waals surface area contributed by atoms with Gasteiger partial charge in [-0.05, 0) is 30.7 Å². The first-order valence-corrected chi connectivity index (χ1v) is 9.46. The van der Waals surface area contributed by atoms with Crippen LogP contribution in [0.2, 0.25) is 5.02 Å². The quantitative estimate of drug-likeness (QED) is 0.823. The van der Waals surface area contributed by atoms with Crippen LogP contribution in [0.1, 0.15) is 27.5 Å². The maximum absolute atomic E-state index is 12.8. The molecule has 0 saturated carbocycles. The molecule has 0 aliphatic carbocycles. The zero-order valence-electron chi connectivity index (χ0n) is 15.7. The minimum absolute atomic E-state index is 0.0867. The molecule has 0 radical (unpaired) electrons. The highest BCUT2D eigenvalue weighted by Gasteiger charge is 2.24. The third-order valence-corrected chi connectivity index (χ3v) is 5.05. The molecule has 2 aromatic carbocycles. The first-order valence-electron chi connectivity index (χ1n) is 9.08. The van der Waals surface area contributed by atoms with Gasteiger partial charge in [0.2, 0.25) is 0 Å². The van der Waals surface area contributed by atoms with Crippen LogP contribution >= 0.6 is 11.6 Å². The summed E-state index contributed by atoms with van der Waals surface area (Å²) in [5, 5.41) is 3.56. The molecule has 1 amide bonds. The number of nitrogens with zero attached hydrogens (tertiary/aromatic N) is 1. The number of aryl methyl sites for hydroxylation is 1. The Morgan fingerprint density at radius 3 is 2.59 bits per heavy atom. The second-order valence-electron chi connectivity index (χ2n) is 6.63. The van der Waals surface area contributed by atoms with E-state index in [1.165, 1.54) is 11.1 Å². The van der Waals surface area contributed by atoms with E-state index in [0.29, 0.717) is 36.1 Å². The van der Waals surface area contributed by atoms with Crippen molar-refractivity contribution in [1.82, 2.24) is 10.2 Å². The van der Waals surface area contributed by atoms with Gasteiger partial charge in [0.05, 0.1) is 31.9 Å². The summed E-state index contributed by atoms with van der Waals surface area (Å²) in [4.78, 5) is 15.1. The molecule has 1 N–H and O–H groups in total. The van der Waals surface area contributed by atoms with Crippen molar-refractivity contribution in [2.75, 3.05) is 40.0 Å². The first kappa shape index (κ1) is 19.7. The molecule has 0 unspecified atom stereocenters. The average molecular weight is 389 g/mol. The van der Waals surface area contributed by atoms with Gasteiger partial charge in [-0.15, -0.1) is 0 Å². The number of methoxy groups -OCH3 is 1. The molecule has 27 heavy (non-hydrogen) atoms. The number of morpholine rings is 1. The van der Waals surface area contributed by atoms with Gasteiger partial charge in [0.25, 0.3) is 5.91 Å². The summed E-state index contributed by atoms with van der Waals surface area (Å²) in [6, 6.07) is 13.6. The van der Waals surface area contributed by atoms with E-state index in [4.69, 9.17) is 21.1 Å². The maximum atomic E-state index is 12.8. The van der Waals surface area contributed by atoms with Crippen molar-refractivity contribution >= 4 is 17.5 Å². The van der Waals surface area contributed by atoms with Crippen molar-refractivity contribution in [1.29, 1.82) is 0 Å². The minimum Gasteiger partial charge on any atom is -0.496 e. The Labute approximate surface area is 165 Å². The fraction of sp³-hybridized carbons (Fsp3) is 0.381. The lowest BCUT2D eigenvalue weighted by atomic mass is 10.0. The minimum atomic E-state index is -0.195. The zero-order chi connectivity index (χ0) is 19.2. The Hall–Kier alpha value is -2.08. The zero-order valence-corrected chi connectivity index (χ0v) is 16.5. The van der Waals surface area contributed by atoms with E-state index in [1.54, 1.807) is 25.3 Å². The van der Waals surface area contributed by atoms with Crippen LogP contribution in [0.5, 0.6) is 5.75 Å². The second kappa shape index (κ2) is 9.22. The Balaban J connectivity index is 1.77. The van der Waals surface area contributed by atoms with Crippen LogP contribution in [-0.2, 0) is 4.74 Å². The van der Waals surface area contributed by atoms with E-state index >= 15 is 0 Å². The second-order valence-corrected chi connectivity index (χ2v) is 7.07. The molecule has 1 atom stereocenters. The number of benzene rings is 2. The molecule has 1 saturated heterocycles. The average Bonchev–Trinajstić information content (AvgIpc) is 2.70. The number of halogens is 1. The van der Waals surface area contributed by atoms with E-state index in [1.807, 2.05) is 0 Å². The van der Waals surface area contributed by atoms with Gasteiger partial charge in [-0.2, -0.15) is 0 Å². The summed E-state index contributed by atoms with van der Waals surface area (Å²) in [5.41, 5.74) is 2.84. The molecule has 1 aliphatic rings. The molecule has 144 valence electrons. The molecule has 1 fully saturated rings. The van der Waals surface area contributed by atoms with Crippen LogP contribution in [0.3, 0.4) is 0 Å². The fourth-order valence-corrected chi connectivity index (χ4v) is 3.45. The van der Waals surface area contributed by atoms with Crippen LogP contribution in [0.25, 0.3) is 0 Å². The summed E-state index contributed by atoms with van der Waals surface area (Å²) < 4.78 is 10.8. The first-order chi connectivity index (χ1) is 13.1. The normalized spacial score (nSPS) is 16.0. The standard InChI is InChI=1S/C21H25ClN2O3/c1-15-3-5-16(6-4-15)19(24-9-11-27-12-10-24)14-23-21(25)18-13-17(22)7-8-20(18)26-2/h3-8,13,19H,9-12,14H2,1-2H3,(H,23,25)/t19-/m0/s1. The highest BCUT2D eigenvalue weighted by Crippen LogP contribution is 2.24. The number of nitrogens with one attached hydrogen (secondary N) is 1. The van der Waals surface area contributed by atoms with Gasteiger partial charge in [0, 0.05) is 24.7 Å². The lowest BCUT2D eigenvalue weighted by Gasteiger charge is -2.35. The van der Waals surface area contributed by atoms with Crippen molar-refractivity contribution in [3.8, 4) is 5.75 Å². The summed E-state index contributed by atoms with van der Waals surface area (Å²) in [5.74, 6) is 0.315. The van der Waals surface area contributed by atoms with E-state index in [9.17, 15) is 4.79 Å². The van der Waals surface area contributed by atoms with Gasteiger partial charge in [-0.1, -0.05) is 41.4 Å². The molecular weight excluding hydrogens is 364 g/mol. The number of hydrogen-bond donors (Lipinski definition) is 1. The van der Waals surface area contributed by atoms with Gasteiger partial charge in [-0.25, -0.2) is 0 Å². The van der Waals surface area contributed by atoms with Gasteiger partial charge in [0.15, 0.2) is 0 Å². The predicted octanol–water partition coefficient (Wildman–Crippen LogP) is 3.46. The van der Waals surface area contributed by atoms with Crippen LogP contribution in [0.15, 0.2) is 42.5 Å². The van der Waals surface area contributed by atoms with Crippen molar-refractivity contribution in [2.45, 2.75) is 13.0 Å². The lowest BCUT2D eigenvalue weighted by Crippen LogP contribution is -2.43. The summed E-state index contributed by atoms with van der Waals surface area (Å²) in [6.45, 7) is 5.67. The highest BCUT2D eigenvalue weighted by atomic mass is 35.5. The van der Waals surface area contributed by atoms with Gasteiger partial charge in [-0.3, -0.25) is 9.69 Å². The van der Waals surface area contributed by atoms with E-state index in [-0.39, 0.29) is 11.9 Å². The maximum Gasteiger partial charge on any atom is 0.255 e. The van der Waals surface area contributed by atoms with Crippen LogP contribution in [0.4, 0.5) is 0 Å². The monoisotopic (exact) mass is 388 g/mol. The topological polar surface area (TPSA) is 50.8 Å². The summed E-state index contributed by atoms with van der Waals surface area (Å²) in [7, 11) is 1.54. The molecule has 1 aliphatic heterocycles. The SMILES string of the molecule is COc1ccc(Cl)cc1C(=O)NC[C@@H](c1ccc(C)cc1)N1CCOCC1. The van der Waals surface area contributed by atoms with Gasteiger partial charge >= 0.3 is 0 Å². The Bertz CT molecular complexity index is 773. The summed E-state index contributed by atoms with van der Waals surface area (Å²) >= 11 is 6.06. The number of hydrogen-bond acceptors (Lipinski definition) is 4. The highest BCUT2D eigenvalue weighted by molar-refractivity contribution is 6.31. The molecule has 0 spiro atoms. The lowest BCUT2D eigenvalue weighted by molar-refractivity contribution is 0.0162. The number of ether oxygens (including phenoxy) is 2. The van der Waals surface area contributed by atoms with Crippen molar-refractivity contribution in [3.63, 3.8) is 0 Å². The van der Waals surface area contributed by atoms with E-state index in [0.717, 1.165) is 13.1 Å². The van der Waals surface area contributed by atoms with Crippen LogP contribution in [0, 0.1) is 6.92 Å². The molecular formula is C21H25ClN2O3. The third-order valence-electron chi connectivity index (χ3n) is 4.81. The fourth-order valence-electron chi connectivity index (χ4n) is 3.28. The largest absolute Gasteiger partial charge is 0.496 e. The molecule has 3 rings (SSSR count). The number of rotatable bonds is 6. The van der Waals surface area contributed by atoms with Gasteiger partial charge < -0.3 is 14.8 Å². The molecule has 1 heterocycles. The predicted molar refractivity (Wildman–Crippen MR) is 107 cm³/mol. The van der Waals surface area contributed by atoms with Crippen molar-refractivity contribution in [2.24, 2.45) is 0 Å².